The Hall–Kier alpha value is -2.92. The summed E-state index contributed by atoms with van der Waals surface area (Å²) < 4.78 is 47.1. The zero-order chi connectivity index (χ0) is 57.3. The van der Waals surface area contributed by atoms with Gasteiger partial charge in [0.2, 0.25) is 0 Å². The first-order chi connectivity index (χ1) is 35.8. The molecular formula is C61H118N4O9. The smallest absolute Gasteiger partial charge is 0.134 e. The van der Waals surface area contributed by atoms with Crippen LogP contribution in [0.5, 0.6) is 0 Å². The molecule has 0 spiro atoms. The van der Waals surface area contributed by atoms with Crippen LogP contribution in [-0.4, -0.2) is 193 Å². The highest BCUT2D eigenvalue weighted by atomic mass is 16.5. The molecule has 0 amide bonds. The number of hydrogen-bond acceptors (Lipinski definition) is 13. The first kappa shape index (κ1) is 77.6. The fourth-order valence-electron chi connectivity index (χ4n) is 7.33. The Bertz CT molecular complexity index is 1730. The van der Waals surface area contributed by atoms with Gasteiger partial charge in [0.1, 0.15) is 22.7 Å². The normalized spacial score (nSPS) is 17.5. The maximum atomic E-state index is 5.55. The van der Waals surface area contributed by atoms with Crippen molar-refractivity contribution >= 4 is 21.9 Å². The van der Waals surface area contributed by atoms with Crippen LogP contribution in [0.25, 0.3) is 21.9 Å². The molecule has 2 atom stereocenters. The van der Waals surface area contributed by atoms with Crippen LogP contribution in [0.1, 0.15) is 124 Å². The van der Waals surface area contributed by atoms with E-state index in [1.165, 1.54) is 53.4 Å². The quantitative estimate of drug-likeness (QED) is 0.167. The molecule has 2 aromatic carbocycles. The second kappa shape index (κ2) is 53.5. The average Bonchev–Trinajstić information content (AvgIpc) is 3.96. The van der Waals surface area contributed by atoms with Crippen LogP contribution in [-0.2, 0) is 33.2 Å². The molecule has 4 aromatic rings. The van der Waals surface area contributed by atoms with Gasteiger partial charge in [0, 0.05) is 98.1 Å². The van der Waals surface area contributed by atoms with Gasteiger partial charge < -0.3 is 56.7 Å². The molecule has 0 aliphatic carbocycles. The van der Waals surface area contributed by atoms with Crippen LogP contribution in [0.4, 0.5) is 0 Å². The molecule has 0 bridgehead atoms. The number of piperidine rings is 1. The largest absolute Gasteiger partial charge is 0.461 e. The van der Waals surface area contributed by atoms with E-state index < -0.39 is 0 Å². The summed E-state index contributed by atoms with van der Waals surface area (Å²) in [6.07, 6.45) is 3.49. The second-order valence-electron chi connectivity index (χ2n) is 16.8. The summed E-state index contributed by atoms with van der Waals surface area (Å²) in [5, 5.41) is 2.44. The Labute approximate surface area is 456 Å². The number of likely N-dealkylation sites (tertiary alicyclic amines) is 1. The minimum Gasteiger partial charge on any atom is -0.461 e. The van der Waals surface area contributed by atoms with Gasteiger partial charge in [-0.05, 0) is 104 Å². The molecule has 2 aromatic heterocycles. The zero-order valence-electron chi connectivity index (χ0n) is 52.5. The molecule has 4 saturated heterocycles. The Balaban J connectivity index is -0.000000382. The predicted molar refractivity (Wildman–Crippen MR) is 319 cm³/mol. The highest BCUT2D eigenvalue weighted by Crippen LogP contribution is 2.25. The van der Waals surface area contributed by atoms with Crippen LogP contribution in [0.2, 0.25) is 0 Å². The standard InChI is InChI=1S/C11H12O.C10H10O.3C7H15NO2.C7H15NO.6C2H6/c1-7-4-5-11-10(6-7)8(2)9(3)12-11;1-7-3-4-10-9(5-7)6-8(2)11-10;1-9-5-2-8-3-6-10-7-4-8;2*1-8-3-4-10-7(5-8)6-9-2;1-8-5-3-7(9-2)4-6-8;6*1-2/h4-6H,1-3H3;3-6H,1-2H3;2-7H2,1H3;2*7H,3-6H2,1-2H3;7H,3-6H2,1-2H3;6*1-2H3/t;;;7-;;;;;;;;/m...0......../s1. The average molecular weight is 1050 g/mol. The highest BCUT2D eigenvalue weighted by molar-refractivity contribution is 5.82. The number of aryl methyl sites for hydroxylation is 5. The molecule has 1 unspecified atom stereocenters. The lowest BCUT2D eigenvalue weighted by atomic mass is 10.1. The molecule has 8 rings (SSSR count). The maximum absolute atomic E-state index is 5.55. The van der Waals surface area contributed by atoms with Gasteiger partial charge in [0.15, 0.2) is 0 Å². The van der Waals surface area contributed by atoms with Crippen LogP contribution >= 0.6 is 0 Å². The van der Waals surface area contributed by atoms with Crippen molar-refractivity contribution in [2.24, 2.45) is 0 Å². The number of rotatable bonds is 8. The van der Waals surface area contributed by atoms with Crippen LogP contribution in [0, 0.1) is 34.6 Å². The van der Waals surface area contributed by atoms with Crippen molar-refractivity contribution < 1.29 is 42.0 Å². The fourth-order valence-corrected chi connectivity index (χ4v) is 7.33. The van der Waals surface area contributed by atoms with E-state index in [1.807, 2.05) is 109 Å². The first-order valence-corrected chi connectivity index (χ1v) is 28.4. The van der Waals surface area contributed by atoms with Crippen molar-refractivity contribution in [3.63, 3.8) is 0 Å². The van der Waals surface area contributed by atoms with E-state index in [0.717, 1.165) is 102 Å². The molecule has 4 aliphatic rings. The van der Waals surface area contributed by atoms with Gasteiger partial charge in [0.05, 0.1) is 64.6 Å². The van der Waals surface area contributed by atoms with E-state index in [9.17, 15) is 0 Å². The second-order valence-corrected chi connectivity index (χ2v) is 16.8. The van der Waals surface area contributed by atoms with Crippen molar-refractivity contribution in [1.29, 1.82) is 0 Å². The van der Waals surface area contributed by atoms with E-state index >= 15 is 0 Å². The van der Waals surface area contributed by atoms with Crippen molar-refractivity contribution in [3.05, 3.63) is 70.7 Å². The third-order valence-corrected chi connectivity index (χ3v) is 11.2. The number of morpholine rings is 3. The number of fused-ring (bicyclic) bond motifs is 2. The maximum Gasteiger partial charge on any atom is 0.134 e. The predicted octanol–water partition coefficient (Wildman–Crippen LogP) is 13.2. The molecule has 0 radical (unpaired) electrons. The first-order valence-electron chi connectivity index (χ1n) is 28.4. The summed E-state index contributed by atoms with van der Waals surface area (Å²) in [6, 6.07) is 14.5. The van der Waals surface area contributed by atoms with Crippen molar-refractivity contribution in [1.82, 2.24) is 19.6 Å². The van der Waals surface area contributed by atoms with E-state index in [-0.39, 0.29) is 12.2 Å². The topological polar surface area (TPSA) is 104 Å². The Morgan fingerprint density at radius 2 is 0.986 bits per heavy atom. The number of methoxy groups -OCH3 is 4. The number of hydrogen-bond donors (Lipinski definition) is 0. The van der Waals surface area contributed by atoms with Gasteiger partial charge >= 0.3 is 0 Å². The molecule has 4 fully saturated rings. The zero-order valence-corrected chi connectivity index (χ0v) is 52.5. The van der Waals surface area contributed by atoms with Gasteiger partial charge in [-0.25, -0.2) is 0 Å². The summed E-state index contributed by atoms with van der Waals surface area (Å²) >= 11 is 0. The van der Waals surface area contributed by atoms with Crippen LogP contribution in [0.15, 0.2) is 51.3 Å². The summed E-state index contributed by atoms with van der Waals surface area (Å²) in [5.74, 6) is 2.00. The number of likely N-dealkylation sites (N-methyl/N-ethyl adjacent to an activating group) is 2. The molecule has 13 nitrogen and oxygen atoms in total. The molecular weight excluding hydrogens is 933 g/mol. The van der Waals surface area contributed by atoms with Crippen molar-refractivity contribution in [2.75, 3.05) is 155 Å². The molecule has 436 valence electrons. The molecule has 6 heterocycles. The molecule has 0 N–H and O–H groups in total. The number of furan rings is 2. The molecule has 0 saturated carbocycles. The number of nitrogens with zero attached hydrogens (tertiary/aromatic N) is 4. The van der Waals surface area contributed by atoms with Crippen molar-refractivity contribution in [2.45, 2.75) is 149 Å². The van der Waals surface area contributed by atoms with Crippen LogP contribution in [0.3, 0.4) is 0 Å². The van der Waals surface area contributed by atoms with Gasteiger partial charge in [-0.1, -0.05) is 106 Å². The Morgan fingerprint density at radius 3 is 1.43 bits per heavy atom. The molecule has 13 heteroatoms. The summed E-state index contributed by atoms with van der Waals surface area (Å²) in [7, 11) is 13.3. The van der Waals surface area contributed by atoms with Gasteiger partial charge in [-0.2, -0.15) is 0 Å². The summed E-state index contributed by atoms with van der Waals surface area (Å²) in [6.45, 7) is 49.6. The summed E-state index contributed by atoms with van der Waals surface area (Å²) in [5.41, 5.74) is 5.79. The summed E-state index contributed by atoms with van der Waals surface area (Å²) in [4.78, 5) is 9.21. The lowest BCUT2D eigenvalue weighted by Crippen LogP contribution is -2.41. The lowest BCUT2D eigenvalue weighted by molar-refractivity contribution is -0.0543. The third-order valence-electron chi connectivity index (χ3n) is 11.2. The van der Waals surface area contributed by atoms with E-state index in [0.29, 0.717) is 19.3 Å². The van der Waals surface area contributed by atoms with Crippen molar-refractivity contribution in [3.8, 4) is 0 Å². The molecule has 74 heavy (non-hydrogen) atoms. The number of benzene rings is 2. The van der Waals surface area contributed by atoms with Gasteiger partial charge in [-0.3, -0.25) is 4.90 Å². The number of ether oxygens (including phenoxy) is 7. The van der Waals surface area contributed by atoms with Gasteiger partial charge in [-0.15, -0.1) is 0 Å². The highest BCUT2D eigenvalue weighted by Gasteiger charge is 2.18. The lowest BCUT2D eigenvalue weighted by Gasteiger charge is -2.29. The SMILES string of the molecule is CC.CC.CC.CC.CC.CC.COC1CCN(C)CC1.COCC1CN(C)CCO1.COCCN1CCOCC1.COC[C@@H]1CN(C)CCO1.Cc1ccc2oc(C)c(C)c2c1.Cc1ccc2oc(C)cc2c1. The van der Waals surface area contributed by atoms with E-state index in [2.05, 4.69) is 91.8 Å². The minimum atomic E-state index is 0.281. The molecule has 4 aliphatic heterocycles. The third kappa shape index (κ3) is 37.0. The van der Waals surface area contributed by atoms with Gasteiger partial charge in [0.25, 0.3) is 0 Å². The minimum absolute atomic E-state index is 0.281. The van der Waals surface area contributed by atoms with E-state index in [4.69, 9.17) is 42.0 Å². The Kier molecular flexibility index (Phi) is 56.1. The Morgan fingerprint density at radius 1 is 0.514 bits per heavy atom. The van der Waals surface area contributed by atoms with E-state index in [1.54, 1.807) is 28.4 Å². The fraction of sp³-hybridized carbons (Fsp3) is 0.738. The monoisotopic (exact) mass is 1050 g/mol. The van der Waals surface area contributed by atoms with Crippen LogP contribution < -0.4 is 0 Å².